The van der Waals surface area contributed by atoms with Gasteiger partial charge in [0.2, 0.25) is 0 Å². The fourth-order valence-corrected chi connectivity index (χ4v) is 5.13. The fraction of sp³-hybridized carbons (Fsp3) is 0.360. The summed E-state index contributed by atoms with van der Waals surface area (Å²) in [5.74, 6) is 0. The molecule has 13 heteroatoms. The zero-order valence-electron chi connectivity index (χ0n) is 20.3. The van der Waals surface area contributed by atoms with Gasteiger partial charge in [0.1, 0.15) is 0 Å². The fourth-order valence-electron chi connectivity index (χ4n) is 4.20. The Bertz CT molecular complexity index is 1380. The smallest absolute Gasteiger partial charge is 0.281 e. The lowest BCUT2D eigenvalue weighted by molar-refractivity contribution is -0.385. The van der Waals surface area contributed by atoms with Crippen LogP contribution in [0.1, 0.15) is 49.5 Å². The minimum atomic E-state index is -0.388. The van der Waals surface area contributed by atoms with Crippen LogP contribution in [0.4, 0.5) is 11.4 Å². The number of hydrogen-bond acceptors (Lipinski definition) is 8. The molecule has 1 aromatic heterocycles. The van der Waals surface area contributed by atoms with Gasteiger partial charge in [-0.2, -0.15) is 5.10 Å². The third-order valence-electron chi connectivity index (χ3n) is 6.00. The first-order valence-electron chi connectivity index (χ1n) is 12.0. The molecule has 1 fully saturated rings. The molecule has 0 aliphatic carbocycles. The highest BCUT2D eigenvalue weighted by atomic mass is 79.9. The average molecular weight is 651 g/mol. The van der Waals surface area contributed by atoms with Crippen molar-refractivity contribution in [3.63, 3.8) is 0 Å². The van der Waals surface area contributed by atoms with Gasteiger partial charge in [0, 0.05) is 33.9 Å². The Balaban J connectivity index is 0.000000152. The van der Waals surface area contributed by atoms with E-state index in [9.17, 15) is 20.2 Å². The molecule has 0 amide bonds. The highest BCUT2D eigenvalue weighted by Crippen LogP contribution is 2.33. The number of ether oxygens (including phenoxy) is 2. The number of aliphatic imine (C=N–C) groups is 1. The van der Waals surface area contributed by atoms with E-state index in [-0.39, 0.29) is 27.4 Å². The van der Waals surface area contributed by atoms with Crippen LogP contribution in [-0.4, -0.2) is 39.1 Å². The van der Waals surface area contributed by atoms with Gasteiger partial charge in [-0.1, -0.05) is 31.9 Å². The van der Waals surface area contributed by atoms with Gasteiger partial charge in [-0.25, -0.2) is 4.68 Å². The first-order chi connectivity index (χ1) is 18.3. The number of allylic oxidation sites excluding steroid dienone is 1. The molecular formula is C25H25Br2N5O6. The quantitative estimate of drug-likeness (QED) is 0.220. The number of nitrogens with zero attached hydrogens (tertiary/aromatic N) is 5. The molecule has 1 saturated heterocycles. The van der Waals surface area contributed by atoms with Crippen molar-refractivity contribution in [2.75, 3.05) is 13.2 Å². The average Bonchev–Trinajstić information content (AvgIpc) is 3.57. The molecular weight excluding hydrogens is 626 g/mol. The lowest BCUT2D eigenvalue weighted by atomic mass is 10.1. The normalized spacial score (nSPS) is 17.5. The first kappa shape index (κ1) is 27.9. The van der Waals surface area contributed by atoms with Crippen molar-refractivity contribution in [1.29, 1.82) is 0 Å². The predicted molar refractivity (Wildman–Crippen MR) is 149 cm³/mol. The summed E-state index contributed by atoms with van der Waals surface area (Å²) >= 11 is 6.53. The predicted octanol–water partition coefficient (Wildman–Crippen LogP) is 7.01. The molecule has 11 nitrogen and oxygen atoms in total. The van der Waals surface area contributed by atoms with E-state index >= 15 is 0 Å². The van der Waals surface area contributed by atoms with Gasteiger partial charge in [0.15, 0.2) is 6.23 Å². The number of rotatable bonds is 3. The van der Waals surface area contributed by atoms with E-state index in [4.69, 9.17) is 9.47 Å². The molecule has 1 atom stereocenters. The second-order valence-corrected chi connectivity index (χ2v) is 10.5. The second kappa shape index (κ2) is 13.1. The van der Waals surface area contributed by atoms with Crippen LogP contribution in [-0.2, 0) is 16.0 Å². The molecule has 3 aliphatic rings. The molecule has 4 heterocycles. The largest absolute Gasteiger partial charge is 0.502 e. The SMILES string of the molecule is C1=COCCC1.O=[N+]([O-])c1cc(Br)cc2c1C=NC2.O=[N+]([O-])c1cc(Br)cc2c1cnn2C1CCCCO1. The topological polar surface area (TPSA) is 135 Å². The zero-order chi connectivity index (χ0) is 27.1. The molecule has 1 unspecified atom stereocenters. The summed E-state index contributed by atoms with van der Waals surface area (Å²) in [7, 11) is 0. The molecule has 38 heavy (non-hydrogen) atoms. The molecule has 3 aliphatic heterocycles. The van der Waals surface area contributed by atoms with E-state index in [1.807, 2.05) is 18.2 Å². The summed E-state index contributed by atoms with van der Waals surface area (Å²) in [6, 6.07) is 6.69. The third kappa shape index (κ3) is 6.83. The molecule has 6 rings (SSSR count). The summed E-state index contributed by atoms with van der Waals surface area (Å²) in [6.07, 6.45) is 12.2. The second-order valence-electron chi connectivity index (χ2n) is 8.63. The van der Waals surface area contributed by atoms with Crippen LogP contribution in [0.2, 0.25) is 0 Å². The molecule has 0 saturated carbocycles. The summed E-state index contributed by atoms with van der Waals surface area (Å²) in [5.41, 5.74) is 2.44. The van der Waals surface area contributed by atoms with Crippen LogP contribution in [0.5, 0.6) is 0 Å². The van der Waals surface area contributed by atoms with Gasteiger partial charge in [-0.3, -0.25) is 25.2 Å². The maximum Gasteiger partial charge on any atom is 0.281 e. The number of halogens is 2. The number of fused-ring (bicyclic) bond motifs is 2. The standard InChI is InChI=1S/C12H12BrN3O3.C8H5BrN2O2.C5H8O/c13-8-5-10-9(11(6-8)16(17)18)7-14-15(10)12-3-1-2-4-19-12;9-6-1-5-3-10-4-7(5)8(2-6)11(12)13;1-2-4-6-5-3-1/h5-7,12H,1-4H2;1-2,4H,3H2;2,4H,1,3,5H2. The maximum atomic E-state index is 11.1. The Morgan fingerprint density at radius 3 is 2.34 bits per heavy atom. The highest BCUT2D eigenvalue weighted by molar-refractivity contribution is 9.10. The van der Waals surface area contributed by atoms with E-state index in [2.05, 4.69) is 42.0 Å². The van der Waals surface area contributed by atoms with Crippen molar-refractivity contribution in [3.8, 4) is 0 Å². The van der Waals surface area contributed by atoms with E-state index in [1.165, 1.54) is 31.2 Å². The van der Waals surface area contributed by atoms with Crippen LogP contribution in [0.3, 0.4) is 0 Å². The monoisotopic (exact) mass is 649 g/mol. The lowest BCUT2D eigenvalue weighted by Gasteiger charge is -2.23. The molecule has 0 bridgehead atoms. The zero-order valence-corrected chi connectivity index (χ0v) is 23.5. The van der Waals surface area contributed by atoms with Crippen LogP contribution >= 0.6 is 31.9 Å². The maximum absolute atomic E-state index is 11.1. The van der Waals surface area contributed by atoms with Crippen LogP contribution in [0.25, 0.3) is 10.9 Å². The Morgan fingerprint density at radius 1 is 0.974 bits per heavy atom. The van der Waals surface area contributed by atoms with Crippen molar-refractivity contribution in [2.45, 2.75) is 44.9 Å². The van der Waals surface area contributed by atoms with E-state index < -0.39 is 0 Å². The van der Waals surface area contributed by atoms with Crippen LogP contribution in [0.15, 0.2) is 56.7 Å². The lowest BCUT2D eigenvalue weighted by Crippen LogP contribution is -2.18. The minimum Gasteiger partial charge on any atom is -0.502 e. The Hall–Kier alpha value is -3.16. The molecule has 0 spiro atoms. The minimum absolute atomic E-state index is 0.0615. The van der Waals surface area contributed by atoms with Crippen molar-refractivity contribution < 1.29 is 19.3 Å². The summed E-state index contributed by atoms with van der Waals surface area (Å²) in [4.78, 5) is 24.9. The van der Waals surface area contributed by atoms with E-state index in [1.54, 1.807) is 17.2 Å². The summed E-state index contributed by atoms with van der Waals surface area (Å²) in [6.45, 7) is 2.16. The van der Waals surface area contributed by atoms with Gasteiger partial charge >= 0.3 is 0 Å². The Labute approximate surface area is 235 Å². The molecule has 0 N–H and O–H groups in total. The van der Waals surface area contributed by atoms with Gasteiger partial charge < -0.3 is 9.47 Å². The molecule has 0 radical (unpaired) electrons. The van der Waals surface area contributed by atoms with Crippen molar-refractivity contribution in [2.24, 2.45) is 4.99 Å². The van der Waals surface area contributed by atoms with Crippen molar-refractivity contribution in [3.05, 3.63) is 83.1 Å². The Morgan fingerprint density at radius 2 is 1.74 bits per heavy atom. The molecule has 200 valence electrons. The molecule has 3 aromatic rings. The Kier molecular flexibility index (Phi) is 9.58. The number of benzene rings is 2. The van der Waals surface area contributed by atoms with Crippen molar-refractivity contribution in [1.82, 2.24) is 9.78 Å². The van der Waals surface area contributed by atoms with Gasteiger partial charge in [0.25, 0.3) is 11.4 Å². The number of hydrogen-bond donors (Lipinski definition) is 0. The highest BCUT2D eigenvalue weighted by Gasteiger charge is 2.23. The summed E-state index contributed by atoms with van der Waals surface area (Å²) in [5, 5.41) is 26.5. The number of non-ortho nitro benzene ring substituents is 1. The number of aromatic nitrogens is 2. The summed E-state index contributed by atoms with van der Waals surface area (Å²) < 4.78 is 13.7. The van der Waals surface area contributed by atoms with Gasteiger partial charge in [-0.15, -0.1) is 0 Å². The number of nitro groups is 2. The first-order valence-corrected chi connectivity index (χ1v) is 13.6. The van der Waals surface area contributed by atoms with Crippen LogP contribution in [0, 0.1) is 20.2 Å². The van der Waals surface area contributed by atoms with E-state index in [0.717, 1.165) is 41.4 Å². The van der Waals surface area contributed by atoms with Crippen molar-refractivity contribution >= 4 is 60.4 Å². The van der Waals surface area contributed by atoms with Gasteiger partial charge in [0.05, 0.1) is 51.9 Å². The van der Waals surface area contributed by atoms with Crippen LogP contribution < -0.4 is 0 Å². The molecule has 2 aromatic carbocycles. The van der Waals surface area contributed by atoms with E-state index in [0.29, 0.717) is 28.6 Å². The number of nitro benzene ring substituents is 2. The van der Waals surface area contributed by atoms with Gasteiger partial charge in [-0.05, 0) is 55.9 Å². The third-order valence-corrected chi connectivity index (χ3v) is 6.91.